The largest absolute Gasteiger partial charge is 0.347 e. The summed E-state index contributed by atoms with van der Waals surface area (Å²) < 4.78 is 0. The van der Waals surface area contributed by atoms with Crippen LogP contribution in [0.1, 0.15) is 42.7 Å². The summed E-state index contributed by atoms with van der Waals surface area (Å²) in [5, 5.41) is 2.83. The minimum absolute atomic E-state index is 0.0249. The fourth-order valence-electron chi connectivity index (χ4n) is 3.30. The molecular formula is C18H24N2O2. The van der Waals surface area contributed by atoms with Crippen molar-refractivity contribution in [3.05, 3.63) is 35.4 Å². The average molecular weight is 300 g/mol. The van der Waals surface area contributed by atoms with Crippen molar-refractivity contribution in [2.75, 3.05) is 19.6 Å². The SMILES string of the molecule is Cc1cccc(C2CC2C(=O)NCC(=O)N2CCCCC2)c1. The second kappa shape index (κ2) is 6.51. The van der Waals surface area contributed by atoms with Crippen LogP contribution in [-0.2, 0) is 9.59 Å². The van der Waals surface area contributed by atoms with Crippen molar-refractivity contribution in [2.24, 2.45) is 5.92 Å². The molecule has 4 nitrogen and oxygen atoms in total. The molecule has 2 fully saturated rings. The molecule has 1 saturated carbocycles. The van der Waals surface area contributed by atoms with Gasteiger partial charge in [-0.05, 0) is 44.1 Å². The summed E-state index contributed by atoms with van der Waals surface area (Å²) in [5.74, 6) is 0.443. The number of carbonyl (C=O) groups is 2. The van der Waals surface area contributed by atoms with E-state index in [1.807, 2.05) is 11.0 Å². The predicted octanol–water partition coefficient (Wildman–Crippen LogP) is 2.23. The highest BCUT2D eigenvalue weighted by Crippen LogP contribution is 2.47. The predicted molar refractivity (Wildman–Crippen MR) is 85.5 cm³/mol. The molecule has 0 bridgehead atoms. The van der Waals surface area contributed by atoms with Gasteiger partial charge in [-0.15, -0.1) is 0 Å². The lowest BCUT2D eigenvalue weighted by molar-refractivity contribution is -0.133. The van der Waals surface area contributed by atoms with E-state index in [2.05, 4.69) is 30.4 Å². The number of hydrogen-bond acceptors (Lipinski definition) is 2. The zero-order chi connectivity index (χ0) is 15.5. The Morgan fingerprint density at radius 2 is 2.00 bits per heavy atom. The first-order valence-electron chi connectivity index (χ1n) is 8.27. The first-order chi connectivity index (χ1) is 10.6. The van der Waals surface area contributed by atoms with Gasteiger partial charge in [-0.1, -0.05) is 29.8 Å². The van der Waals surface area contributed by atoms with Gasteiger partial charge in [0.15, 0.2) is 0 Å². The van der Waals surface area contributed by atoms with E-state index in [0.29, 0.717) is 5.92 Å². The molecule has 1 aromatic rings. The van der Waals surface area contributed by atoms with Crippen LogP contribution < -0.4 is 5.32 Å². The Hall–Kier alpha value is -1.84. The third-order valence-electron chi connectivity index (χ3n) is 4.72. The molecule has 2 aliphatic rings. The van der Waals surface area contributed by atoms with E-state index in [1.165, 1.54) is 17.5 Å². The molecule has 1 heterocycles. The molecule has 0 radical (unpaired) electrons. The number of benzene rings is 1. The zero-order valence-electron chi connectivity index (χ0n) is 13.2. The number of rotatable bonds is 4. The highest BCUT2D eigenvalue weighted by molar-refractivity contribution is 5.88. The van der Waals surface area contributed by atoms with Crippen molar-refractivity contribution in [1.82, 2.24) is 10.2 Å². The number of likely N-dealkylation sites (tertiary alicyclic amines) is 1. The van der Waals surface area contributed by atoms with Gasteiger partial charge in [-0.2, -0.15) is 0 Å². The van der Waals surface area contributed by atoms with Gasteiger partial charge in [0.25, 0.3) is 0 Å². The third-order valence-corrected chi connectivity index (χ3v) is 4.72. The van der Waals surface area contributed by atoms with Gasteiger partial charge in [0, 0.05) is 19.0 Å². The highest BCUT2D eigenvalue weighted by atomic mass is 16.2. The molecular weight excluding hydrogens is 276 g/mol. The number of amides is 2. The summed E-state index contributed by atoms with van der Waals surface area (Å²) in [6, 6.07) is 8.34. The second-order valence-electron chi connectivity index (χ2n) is 6.52. The topological polar surface area (TPSA) is 49.4 Å². The maximum atomic E-state index is 12.2. The molecule has 2 amide bonds. The normalized spacial score (nSPS) is 24.0. The van der Waals surface area contributed by atoms with Crippen LogP contribution in [0, 0.1) is 12.8 Å². The maximum Gasteiger partial charge on any atom is 0.241 e. The quantitative estimate of drug-likeness (QED) is 0.927. The Bertz CT molecular complexity index is 564. The molecule has 118 valence electrons. The Labute approximate surface area is 131 Å². The van der Waals surface area contributed by atoms with Gasteiger partial charge in [0.1, 0.15) is 0 Å². The molecule has 1 saturated heterocycles. The van der Waals surface area contributed by atoms with Crippen molar-refractivity contribution >= 4 is 11.8 Å². The standard InChI is InChI=1S/C18H24N2O2/c1-13-6-5-7-14(10-13)15-11-16(15)18(22)19-12-17(21)20-8-3-2-4-9-20/h5-7,10,15-16H,2-4,8-9,11-12H2,1H3,(H,19,22). The average Bonchev–Trinajstić information content (AvgIpc) is 3.34. The van der Waals surface area contributed by atoms with Gasteiger partial charge >= 0.3 is 0 Å². The molecule has 3 rings (SSSR count). The van der Waals surface area contributed by atoms with Crippen LogP contribution >= 0.6 is 0 Å². The molecule has 4 heteroatoms. The third kappa shape index (κ3) is 3.49. The molecule has 0 spiro atoms. The summed E-state index contributed by atoms with van der Waals surface area (Å²) in [6.45, 7) is 3.89. The van der Waals surface area contributed by atoms with E-state index >= 15 is 0 Å². The summed E-state index contributed by atoms with van der Waals surface area (Å²) >= 11 is 0. The van der Waals surface area contributed by atoms with Crippen LogP contribution in [-0.4, -0.2) is 36.3 Å². The van der Waals surface area contributed by atoms with Crippen LogP contribution in [0.2, 0.25) is 0 Å². The second-order valence-corrected chi connectivity index (χ2v) is 6.52. The maximum absolute atomic E-state index is 12.2. The molecule has 1 N–H and O–H groups in total. The molecule has 1 aliphatic carbocycles. The monoisotopic (exact) mass is 300 g/mol. The Morgan fingerprint density at radius 3 is 2.73 bits per heavy atom. The first kappa shape index (κ1) is 15.1. The number of hydrogen-bond donors (Lipinski definition) is 1. The number of nitrogens with one attached hydrogen (secondary N) is 1. The van der Waals surface area contributed by atoms with E-state index in [4.69, 9.17) is 0 Å². The van der Waals surface area contributed by atoms with Crippen molar-refractivity contribution in [3.63, 3.8) is 0 Å². The Morgan fingerprint density at radius 1 is 1.23 bits per heavy atom. The van der Waals surface area contributed by atoms with E-state index in [9.17, 15) is 9.59 Å². The van der Waals surface area contributed by atoms with E-state index in [0.717, 1.165) is 32.4 Å². The fourth-order valence-corrected chi connectivity index (χ4v) is 3.30. The summed E-state index contributed by atoms with van der Waals surface area (Å²) in [7, 11) is 0. The summed E-state index contributed by atoms with van der Waals surface area (Å²) in [4.78, 5) is 26.1. The van der Waals surface area contributed by atoms with Gasteiger partial charge < -0.3 is 10.2 Å². The number of nitrogens with zero attached hydrogens (tertiary/aromatic N) is 1. The van der Waals surface area contributed by atoms with Crippen molar-refractivity contribution < 1.29 is 9.59 Å². The number of piperidine rings is 1. The molecule has 2 unspecified atom stereocenters. The van der Waals surface area contributed by atoms with Crippen molar-refractivity contribution in [2.45, 2.75) is 38.5 Å². The Balaban J connectivity index is 1.46. The van der Waals surface area contributed by atoms with Gasteiger partial charge in [0.2, 0.25) is 11.8 Å². The lowest BCUT2D eigenvalue weighted by Gasteiger charge is -2.26. The van der Waals surface area contributed by atoms with Crippen molar-refractivity contribution in [3.8, 4) is 0 Å². The molecule has 2 atom stereocenters. The van der Waals surface area contributed by atoms with Crippen LogP contribution in [0.4, 0.5) is 0 Å². The number of carbonyl (C=O) groups excluding carboxylic acids is 2. The molecule has 1 aromatic carbocycles. The minimum Gasteiger partial charge on any atom is -0.347 e. The number of aryl methyl sites for hydroxylation is 1. The fraction of sp³-hybridized carbons (Fsp3) is 0.556. The van der Waals surface area contributed by atoms with Crippen LogP contribution in [0.15, 0.2) is 24.3 Å². The molecule has 1 aliphatic heterocycles. The van der Waals surface area contributed by atoms with E-state index < -0.39 is 0 Å². The van der Waals surface area contributed by atoms with Gasteiger partial charge in [-0.25, -0.2) is 0 Å². The van der Waals surface area contributed by atoms with Crippen LogP contribution in [0.3, 0.4) is 0 Å². The molecule has 22 heavy (non-hydrogen) atoms. The lowest BCUT2D eigenvalue weighted by Crippen LogP contribution is -2.43. The van der Waals surface area contributed by atoms with Crippen LogP contribution in [0.5, 0.6) is 0 Å². The lowest BCUT2D eigenvalue weighted by atomic mass is 10.1. The smallest absolute Gasteiger partial charge is 0.241 e. The zero-order valence-corrected chi connectivity index (χ0v) is 13.2. The molecule has 0 aromatic heterocycles. The van der Waals surface area contributed by atoms with Gasteiger partial charge in [0.05, 0.1) is 6.54 Å². The minimum atomic E-state index is 0.0249. The van der Waals surface area contributed by atoms with Crippen LogP contribution in [0.25, 0.3) is 0 Å². The summed E-state index contributed by atoms with van der Waals surface area (Å²) in [6.07, 6.45) is 4.26. The Kier molecular flexibility index (Phi) is 4.46. The summed E-state index contributed by atoms with van der Waals surface area (Å²) in [5.41, 5.74) is 2.46. The first-order valence-corrected chi connectivity index (χ1v) is 8.27. The van der Waals surface area contributed by atoms with E-state index in [1.54, 1.807) is 0 Å². The van der Waals surface area contributed by atoms with Gasteiger partial charge in [-0.3, -0.25) is 9.59 Å². The van der Waals surface area contributed by atoms with Crippen molar-refractivity contribution in [1.29, 1.82) is 0 Å². The van der Waals surface area contributed by atoms with E-state index in [-0.39, 0.29) is 24.3 Å². The highest BCUT2D eigenvalue weighted by Gasteiger charge is 2.43.